The highest BCUT2D eigenvalue weighted by Gasteiger charge is 2.14. The maximum absolute atomic E-state index is 12.2. The summed E-state index contributed by atoms with van der Waals surface area (Å²) >= 11 is 7.51. The third kappa shape index (κ3) is 6.11. The van der Waals surface area contributed by atoms with Crippen LogP contribution in [0.25, 0.3) is 0 Å². The molecule has 0 saturated heterocycles. The van der Waals surface area contributed by atoms with Crippen LogP contribution in [-0.4, -0.2) is 36.6 Å². The van der Waals surface area contributed by atoms with E-state index in [4.69, 9.17) is 11.6 Å². The van der Waals surface area contributed by atoms with Gasteiger partial charge in [-0.15, -0.1) is 11.8 Å². The number of nitrogens with zero attached hydrogens (tertiary/aromatic N) is 1. The number of rotatable bonds is 7. The SMILES string of the molecule is CSc1ccccc1NC(=O)CN(C)C(=O)CCc1cccc(Cl)c1. The Morgan fingerprint density at radius 3 is 2.64 bits per heavy atom. The lowest BCUT2D eigenvalue weighted by Crippen LogP contribution is -2.35. The van der Waals surface area contributed by atoms with Crippen molar-refractivity contribution in [3.63, 3.8) is 0 Å². The topological polar surface area (TPSA) is 49.4 Å². The van der Waals surface area contributed by atoms with Gasteiger partial charge >= 0.3 is 0 Å². The van der Waals surface area contributed by atoms with Crippen molar-refractivity contribution in [3.8, 4) is 0 Å². The van der Waals surface area contributed by atoms with Gasteiger partial charge in [-0.3, -0.25) is 9.59 Å². The summed E-state index contributed by atoms with van der Waals surface area (Å²) in [6, 6.07) is 15.0. The molecule has 2 aromatic carbocycles. The number of halogens is 1. The van der Waals surface area contributed by atoms with E-state index < -0.39 is 0 Å². The molecular weight excluding hydrogens is 356 g/mol. The van der Waals surface area contributed by atoms with Crippen molar-refractivity contribution in [1.29, 1.82) is 0 Å². The van der Waals surface area contributed by atoms with Gasteiger partial charge in [-0.05, 0) is 42.5 Å². The second-order valence-electron chi connectivity index (χ2n) is 5.63. The number of carbonyl (C=O) groups excluding carboxylic acids is 2. The van der Waals surface area contributed by atoms with Gasteiger partial charge in [0.2, 0.25) is 11.8 Å². The normalized spacial score (nSPS) is 10.4. The van der Waals surface area contributed by atoms with Crippen LogP contribution in [0.2, 0.25) is 5.02 Å². The van der Waals surface area contributed by atoms with Gasteiger partial charge in [-0.2, -0.15) is 0 Å². The quantitative estimate of drug-likeness (QED) is 0.740. The van der Waals surface area contributed by atoms with E-state index in [-0.39, 0.29) is 18.4 Å². The summed E-state index contributed by atoms with van der Waals surface area (Å²) in [5.74, 6) is -0.284. The van der Waals surface area contributed by atoms with Crippen molar-refractivity contribution in [2.75, 3.05) is 25.2 Å². The number of anilines is 1. The largest absolute Gasteiger partial charge is 0.336 e. The number of carbonyl (C=O) groups is 2. The monoisotopic (exact) mass is 376 g/mol. The van der Waals surface area contributed by atoms with E-state index in [1.807, 2.05) is 48.7 Å². The zero-order chi connectivity index (χ0) is 18.2. The highest BCUT2D eigenvalue weighted by molar-refractivity contribution is 7.98. The molecule has 4 nitrogen and oxygen atoms in total. The third-order valence-electron chi connectivity index (χ3n) is 3.70. The highest BCUT2D eigenvalue weighted by atomic mass is 35.5. The minimum atomic E-state index is -0.208. The number of hydrogen-bond donors (Lipinski definition) is 1. The lowest BCUT2D eigenvalue weighted by Gasteiger charge is -2.17. The van der Waals surface area contributed by atoms with E-state index in [1.165, 1.54) is 4.90 Å². The number of thioether (sulfide) groups is 1. The highest BCUT2D eigenvalue weighted by Crippen LogP contribution is 2.24. The summed E-state index contributed by atoms with van der Waals surface area (Å²) in [5, 5.41) is 3.51. The number of likely N-dealkylation sites (N-methyl/N-ethyl adjacent to an activating group) is 1. The number of amides is 2. The Bertz CT molecular complexity index is 752. The van der Waals surface area contributed by atoms with Crippen LogP contribution in [0.3, 0.4) is 0 Å². The standard InChI is InChI=1S/C19H21ClN2O2S/c1-22(19(24)11-10-14-6-5-7-15(20)12-14)13-18(23)21-16-8-3-4-9-17(16)25-2/h3-9,12H,10-11,13H2,1-2H3,(H,21,23). The van der Waals surface area contributed by atoms with E-state index >= 15 is 0 Å². The van der Waals surface area contributed by atoms with Crippen LogP contribution in [0.1, 0.15) is 12.0 Å². The van der Waals surface area contributed by atoms with E-state index in [1.54, 1.807) is 24.9 Å². The molecule has 2 aromatic rings. The maximum Gasteiger partial charge on any atom is 0.244 e. The predicted octanol–water partition coefficient (Wildman–Crippen LogP) is 4.09. The Morgan fingerprint density at radius 1 is 1.16 bits per heavy atom. The molecule has 0 atom stereocenters. The van der Waals surface area contributed by atoms with Gasteiger partial charge in [0.25, 0.3) is 0 Å². The van der Waals surface area contributed by atoms with Gasteiger partial charge < -0.3 is 10.2 Å². The van der Waals surface area contributed by atoms with Crippen LogP contribution in [0.5, 0.6) is 0 Å². The first-order chi connectivity index (χ1) is 12.0. The lowest BCUT2D eigenvalue weighted by atomic mass is 10.1. The Morgan fingerprint density at radius 2 is 1.92 bits per heavy atom. The Labute approximate surface area is 157 Å². The average Bonchev–Trinajstić information content (AvgIpc) is 2.60. The summed E-state index contributed by atoms with van der Waals surface area (Å²) in [5.41, 5.74) is 1.77. The number of aryl methyl sites for hydroxylation is 1. The Balaban J connectivity index is 1.84. The molecule has 0 aliphatic carbocycles. The van der Waals surface area contributed by atoms with Crippen LogP contribution in [-0.2, 0) is 16.0 Å². The molecule has 0 heterocycles. The van der Waals surface area contributed by atoms with E-state index in [0.717, 1.165) is 16.1 Å². The van der Waals surface area contributed by atoms with E-state index in [9.17, 15) is 9.59 Å². The first-order valence-electron chi connectivity index (χ1n) is 7.91. The Kier molecular flexibility index (Phi) is 7.34. The van der Waals surface area contributed by atoms with Crippen molar-refractivity contribution in [3.05, 3.63) is 59.1 Å². The molecule has 0 unspecified atom stereocenters. The molecule has 2 amide bonds. The third-order valence-corrected chi connectivity index (χ3v) is 4.74. The smallest absolute Gasteiger partial charge is 0.244 e. The number of nitrogens with one attached hydrogen (secondary N) is 1. The number of hydrogen-bond acceptors (Lipinski definition) is 3. The van der Waals surface area contributed by atoms with Crippen LogP contribution in [0.4, 0.5) is 5.69 Å². The summed E-state index contributed by atoms with van der Waals surface area (Å²) in [6.45, 7) is 0.0249. The molecule has 0 aromatic heterocycles. The molecule has 0 aliphatic heterocycles. The minimum absolute atomic E-state index is 0.0249. The van der Waals surface area contributed by atoms with Crippen LogP contribution >= 0.6 is 23.4 Å². The number of benzene rings is 2. The fraction of sp³-hybridized carbons (Fsp3) is 0.263. The first kappa shape index (κ1) is 19.3. The van der Waals surface area contributed by atoms with Crippen LogP contribution in [0, 0.1) is 0 Å². The summed E-state index contributed by atoms with van der Waals surface area (Å²) in [6.07, 6.45) is 2.89. The molecule has 132 valence electrons. The van der Waals surface area contributed by atoms with Crippen LogP contribution < -0.4 is 5.32 Å². The fourth-order valence-electron chi connectivity index (χ4n) is 2.38. The summed E-state index contributed by atoms with van der Waals surface area (Å²) in [7, 11) is 1.64. The maximum atomic E-state index is 12.2. The van der Waals surface area contributed by atoms with Crippen molar-refractivity contribution in [1.82, 2.24) is 4.90 Å². The van der Waals surface area contributed by atoms with Crippen molar-refractivity contribution in [2.45, 2.75) is 17.7 Å². The van der Waals surface area contributed by atoms with Crippen LogP contribution in [0.15, 0.2) is 53.4 Å². The molecule has 0 spiro atoms. The number of para-hydroxylation sites is 1. The molecule has 25 heavy (non-hydrogen) atoms. The molecule has 1 N–H and O–H groups in total. The van der Waals surface area contributed by atoms with E-state index in [0.29, 0.717) is 17.9 Å². The molecular formula is C19H21ClN2O2S. The predicted molar refractivity (Wildman–Crippen MR) is 104 cm³/mol. The second-order valence-corrected chi connectivity index (χ2v) is 6.91. The van der Waals surface area contributed by atoms with E-state index in [2.05, 4.69) is 5.32 Å². The van der Waals surface area contributed by atoms with Gasteiger partial charge in [0.15, 0.2) is 0 Å². The summed E-state index contributed by atoms with van der Waals surface area (Å²) < 4.78 is 0. The van der Waals surface area contributed by atoms with Gasteiger partial charge in [-0.25, -0.2) is 0 Å². The molecule has 0 bridgehead atoms. The molecule has 0 radical (unpaired) electrons. The molecule has 6 heteroatoms. The van der Waals surface area contributed by atoms with Gasteiger partial charge in [0.05, 0.1) is 12.2 Å². The van der Waals surface area contributed by atoms with Gasteiger partial charge in [0.1, 0.15) is 0 Å². The second kappa shape index (κ2) is 9.49. The van der Waals surface area contributed by atoms with Crippen molar-refractivity contribution >= 4 is 40.9 Å². The fourth-order valence-corrected chi connectivity index (χ4v) is 3.14. The Hall–Kier alpha value is -1.98. The first-order valence-corrected chi connectivity index (χ1v) is 9.51. The lowest BCUT2D eigenvalue weighted by molar-refractivity contribution is -0.133. The van der Waals surface area contributed by atoms with Gasteiger partial charge in [0, 0.05) is 23.4 Å². The molecule has 0 aliphatic rings. The van der Waals surface area contributed by atoms with Crippen molar-refractivity contribution in [2.24, 2.45) is 0 Å². The average molecular weight is 377 g/mol. The zero-order valence-electron chi connectivity index (χ0n) is 14.3. The molecule has 0 saturated carbocycles. The summed E-state index contributed by atoms with van der Waals surface area (Å²) in [4.78, 5) is 26.8. The van der Waals surface area contributed by atoms with Crippen molar-refractivity contribution < 1.29 is 9.59 Å². The minimum Gasteiger partial charge on any atom is -0.336 e. The molecule has 2 rings (SSSR count). The van der Waals surface area contributed by atoms with Gasteiger partial charge in [-0.1, -0.05) is 35.9 Å². The zero-order valence-corrected chi connectivity index (χ0v) is 15.9. The molecule has 0 fully saturated rings.